The van der Waals surface area contributed by atoms with Gasteiger partial charge in [0.1, 0.15) is 0 Å². The van der Waals surface area contributed by atoms with E-state index in [1.165, 1.54) is 68.1 Å². The molecule has 2 aliphatic rings. The van der Waals surface area contributed by atoms with E-state index in [1.54, 1.807) is 0 Å². The summed E-state index contributed by atoms with van der Waals surface area (Å²) in [5.74, 6) is 2.34. The number of aryl methyl sites for hydroxylation is 1. The third-order valence-corrected chi connectivity index (χ3v) is 6.84. The zero-order valence-electron chi connectivity index (χ0n) is 15.9. The fraction of sp³-hybridized carbons (Fsp3) is 0.591. The van der Waals surface area contributed by atoms with Gasteiger partial charge < -0.3 is 9.42 Å². The smallest absolute Gasteiger partial charge is 0.168 e. The molecule has 3 aromatic rings. The molecule has 2 aromatic heterocycles. The summed E-state index contributed by atoms with van der Waals surface area (Å²) in [6, 6.07) is 4.39. The number of nitrogens with one attached hydrogen (secondary N) is 1. The van der Waals surface area contributed by atoms with E-state index in [9.17, 15) is 0 Å². The minimum atomic E-state index is 0.603. The molecule has 0 amide bonds. The van der Waals surface area contributed by atoms with Crippen molar-refractivity contribution in [1.82, 2.24) is 15.0 Å². The quantitative estimate of drug-likeness (QED) is 0.702. The topological polar surface area (TPSA) is 45.1 Å². The van der Waals surface area contributed by atoms with E-state index < -0.39 is 0 Å². The molecule has 1 N–H and O–H groups in total. The first-order valence-corrected chi connectivity index (χ1v) is 10.3. The van der Waals surface area contributed by atoms with E-state index in [-0.39, 0.29) is 0 Å². The molecular formula is C22H29N3O. The molecule has 26 heavy (non-hydrogen) atoms. The molecule has 1 aliphatic carbocycles. The predicted molar refractivity (Wildman–Crippen MR) is 106 cm³/mol. The number of fused-ring (bicyclic) bond motifs is 3. The van der Waals surface area contributed by atoms with Gasteiger partial charge in [-0.2, -0.15) is 0 Å². The van der Waals surface area contributed by atoms with Crippen molar-refractivity contribution in [2.24, 2.45) is 11.8 Å². The maximum absolute atomic E-state index is 5.90. The molecule has 1 aromatic carbocycles. The highest BCUT2D eigenvalue weighted by Crippen LogP contribution is 2.43. The van der Waals surface area contributed by atoms with E-state index in [4.69, 9.17) is 4.52 Å². The van der Waals surface area contributed by atoms with Crippen LogP contribution < -0.4 is 0 Å². The lowest BCUT2D eigenvalue weighted by molar-refractivity contribution is 0.167. The molecule has 0 bridgehead atoms. The van der Waals surface area contributed by atoms with Gasteiger partial charge >= 0.3 is 0 Å². The molecule has 5 rings (SSSR count). The Morgan fingerprint density at radius 2 is 2.08 bits per heavy atom. The average molecular weight is 351 g/mol. The van der Waals surface area contributed by atoms with E-state index in [0.717, 1.165) is 28.6 Å². The van der Waals surface area contributed by atoms with E-state index >= 15 is 0 Å². The Morgan fingerprint density at radius 1 is 1.23 bits per heavy atom. The molecule has 1 saturated heterocycles. The highest BCUT2D eigenvalue weighted by atomic mass is 16.5. The molecule has 4 nitrogen and oxygen atoms in total. The largest absolute Gasteiger partial charge is 0.381 e. The lowest BCUT2D eigenvalue weighted by Gasteiger charge is -2.32. The Kier molecular flexibility index (Phi) is 4.04. The molecule has 2 unspecified atom stereocenters. The van der Waals surface area contributed by atoms with Crippen molar-refractivity contribution >= 4 is 21.9 Å². The Bertz CT molecular complexity index is 916. The summed E-state index contributed by atoms with van der Waals surface area (Å²) in [4.78, 5) is 7.28. The number of H-pyrrole nitrogens is 1. The monoisotopic (exact) mass is 351 g/mol. The molecular weight excluding hydrogens is 322 g/mol. The Labute approximate surface area is 154 Å². The fourth-order valence-corrected chi connectivity index (χ4v) is 5.25. The second-order valence-corrected chi connectivity index (χ2v) is 8.74. The lowest BCUT2D eigenvalue weighted by atomic mass is 9.92. The minimum absolute atomic E-state index is 0.603. The first-order valence-electron chi connectivity index (χ1n) is 10.3. The molecule has 138 valence electrons. The number of hydrogen-bond acceptors (Lipinski definition) is 3. The SMILES string of the molecule is Cc1[nH]oc2c(C3CCC(CN4CCC(C)CC4)C3)cc3nccc3c12. The van der Waals surface area contributed by atoms with Gasteiger partial charge in [0.25, 0.3) is 0 Å². The summed E-state index contributed by atoms with van der Waals surface area (Å²) < 4.78 is 5.90. The van der Waals surface area contributed by atoms with Gasteiger partial charge in [0.15, 0.2) is 5.58 Å². The van der Waals surface area contributed by atoms with Crippen molar-refractivity contribution in [3.05, 3.63) is 29.6 Å². The van der Waals surface area contributed by atoms with E-state index in [2.05, 4.69) is 41.0 Å². The molecule has 2 fully saturated rings. The van der Waals surface area contributed by atoms with Crippen molar-refractivity contribution < 1.29 is 4.52 Å². The fourth-order valence-electron chi connectivity index (χ4n) is 5.25. The maximum Gasteiger partial charge on any atom is 0.168 e. The Hall–Kier alpha value is -1.81. The van der Waals surface area contributed by atoms with Crippen LogP contribution in [0.3, 0.4) is 0 Å². The number of likely N-dealkylation sites (tertiary alicyclic amines) is 1. The van der Waals surface area contributed by atoms with Crippen LogP contribution in [0.2, 0.25) is 0 Å². The van der Waals surface area contributed by atoms with Crippen LogP contribution in [0.25, 0.3) is 21.9 Å². The van der Waals surface area contributed by atoms with Gasteiger partial charge in [-0.15, -0.1) is 0 Å². The second-order valence-electron chi connectivity index (χ2n) is 8.74. The summed E-state index contributed by atoms with van der Waals surface area (Å²) in [6.45, 7) is 8.36. The summed E-state index contributed by atoms with van der Waals surface area (Å²) in [5, 5.41) is 5.53. The van der Waals surface area contributed by atoms with E-state index in [0.29, 0.717) is 5.92 Å². The molecule has 2 atom stereocenters. The minimum Gasteiger partial charge on any atom is -0.381 e. The summed E-state index contributed by atoms with van der Waals surface area (Å²) >= 11 is 0. The third kappa shape index (κ3) is 2.75. The highest BCUT2D eigenvalue weighted by Gasteiger charge is 2.31. The number of benzene rings is 1. The molecule has 4 heteroatoms. The lowest BCUT2D eigenvalue weighted by Crippen LogP contribution is -2.36. The van der Waals surface area contributed by atoms with Gasteiger partial charge in [0.2, 0.25) is 0 Å². The summed E-state index contributed by atoms with van der Waals surface area (Å²) in [6.07, 6.45) is 8.56. The van der Waals surface area contributed by atoms with Gasteiger partial charge in [-0.25, -0.2) is 5.16 Å². The van der Waals surface area contributed by atoms with Crippen LogP contribution in [0.15, 0.2) is 22.9 Å². The van der Waals surface area contributed by atoms with Crippen LogP contribution >= 0.6 is 0 Å². The number of aromatic nitrogens is 2. The van der Waals surface area contributed by atoms with Crippen LogP contribution in [0.4, 0.5) is 0 Å². The molecule has 3 heterocycles. The molecule has 0 spiro atoms. The van der Waals surface area contributed by atoms with Crippen LogP contribution in [-0.2, 0) is 0 Å². The van der Waals surface area contributed by atoms with Gasteiger partial charge in [0, 0.05) is 23.7 Å². The third-order valence-electron chi connectivity index (χ3n) is 6.84. The van der Waals surface area contributed by atoms with Gasteiger partial charge in [-0.1, -0.05) is 6.92 Å². The first kappa shape index (κ1) is 16.4. The molecule has 1 aliphatic heterocycles. The molecule has 1 saturated carbocycles. The van der Waals surface area contributed by atoms with Gasteiger partial charge in [-0.3, -0.25) is 4.98 Å². The second kappa shape index (κ2) is 6.41. The predicted octanol–water partition coefficient (Wildman–Crippen LogP) is 5.23. The van der Waals surface area contributed by atoms with Crippen molar-refractivity contribution in [3.8, 4) is 0 Å². The molecule has 0 radical (unpaired) electrons. The van der Waals surface area contributed by atoms with Crippen LogP contribution in [-0.4, -0.2) is 34.7 Å². The number of hydrogen-bond donors (Lipinski definition) is 1. The van der Waals surface area contributed by atoms with E-state index in [1.807, 2.05) is 6.20 Å². The van der Waals surface area contributed by atoms with Crippen LogP contribution in [0, 0.1) is 18.8 Å². The summed E-state index contributed by atoms with van der Waals surface area (Å²) in [7, 11) is 0. The maximum atomic E-state index is 5.90. The average Bonchev–Trinajstić information content (AvgIpc) is 3.36. The van der Waals surface area contributed by atoms with Crippen molar-refractivity contribution in [3.63, 3.8) is 0 Å². The van der Waals surface area contributed by atoms with Crippen LogP contribution in [0.1, 0.15) is 56.2 Å². The summed E-state index contributed by atoms with van der Waals surface area (Å²) in [5.41, 5.74) is 4.64. The van der Waals surface area contributed by atoms with Crippen molar-refractivity contribution in [1.29, 1.82) is 0 Å². The number of piperidine rings is 1. The van der Waals surface area contributed by atoms with Gasteiger partial charge in [0.05, 0.1) is 16.6 Å². The van der Waals surface area contributed by atoms with Crippen LogP contribution in [0.5, 0.6) is 0 Å². The first-order chi connectivity index (χ1) is 12.7. The number of aromatic amines is 1. The highest BCUT2D eigenvalue weighted by molar-refractivity contribution is 6.07. The zero-order chi connectivity index (χ0) is 17.7. The Morgan fingerprint density at radius 3 is 2.92 bits per heavy atom. The van der Waals surface area contributed by atoms with Crippen molar-refractivity contribution in [2.45, 2.75) is 51.9 Å². The number of nitrogens with zero attached hydrogens (tertiary/aromatic N) is 2. The normalized spacial score (nSPS) is 25.6. The van der Waals surface area contributed by atoms with Crippen molar-refractivity contribution in [2.75, 3.05) is 19.6 Å². The standard InChI is InChI=1S/C22H29N3O/c1-14-6-9-25(10-7-14)13-16-3-4-17(11-16)19-12-20-18(5-8-23-20)21-15(2)24-26-22(19)21/h5,8,12,14,16-17,24H,3-4,6-7,9-11,13H2,1-2H3. The zero-order valence-corrected chi connectivity index (χ0v) is 15.9. The van der Waals surface area contributed by atoms with Gasteiger partial charge in [-0.05, 0) is 82.0 Å². The Balaban J connectivity index is 1.38. The number of rotatable bonds is 3.